The molecule has 0 atom stereocenters. The monoisotopic (exact) mass is 273 g/mol. The SMILES string of the molecule is CN(C)c1cccc(C(=O)NCCc2ncnn2C)c1. The number of hydrogen-bond acceptors (Lipinski definition) is 4. The lowest BCUT2D eigenvalue weighted by atomic mass is 10.2. The van der Waals surface area contributed by atoms with Crippen LogP contribution in [0.1, 0.15) is 16.2 Å². The molecule has 20 heavy (non-hydrogen) atoms. The molecule has 106 valence electrons. The zero-order valence-corrected chi connectivity index (χ0v) is 12.0. The van der Waals surface area contributed by atoms with E-state index >= 15 is 0 Å². The third-order valence-corrected chi connectivity index (χ3v) is 3.06. The molecule has 0 aliphatic rings. The zero-order chi connectivity index (χ0) is 14.5. The highest BCUT2D eigenvalue weighted by Crippen LogP contribution is 2.13. The highest BCUT2D eigenvalue weighted by molar-refractivity contribution is 5.95. The molecule has 0 unspecified atom stereocenters. The number of carbonyl (C=O) groups excluding carboxylic acids is 1. The van der Waals surface area contributed by atoms with Crippen LogP contribution in [0, 0.1) is 0 Å². The lowest BCUT2D eigenvalue weighted by Gasteiger charge is -2.13. The van der Waals surface area contributed by atoms with Gasteiger partial charge >= 0.3 is 0 Å². The van der Waals surface area contributed by atoms with Gasteiger partial charge in [0, 0.05) is 45.4 Å². The minimum atomic E-state index is -0.0733. The number of carbonyl (C=O) groups is 1. The van der Waals surface area contributed by atoms with E-state index in [1.807, 2.05) is 50.3 Å². The van der Waals surface area contributed by atoms with Crippen LogP contribution >= 0.6 is 0 Å². The fourth-order valence-corrected chi connectivity index (χ4v) is 1.86. The molecule has 1 aromatic carbocycles. The Morgan fingerprint density at radius 1 is 1.40 bits per heavy atom. The summed E-state index contributed by atoms with van der Waals surface area (Å²) in [5, 5.41) is 6.88. The summed E-state index contributed by atoms with van der Waals surface area (Å²) in [6, 6.07) is 7.53. The number of aryl methyl sites for hydroxylation is 1. The van der Waals surface area contributed by atoms with Crippen LogP contribution < -0.4 is 10.2 Å². The molecule has 1 heterocycles. The Kier molecular flexibility index (Phi) is 4.34. The number of rotatable bonds is 5. The predicted octanol–water partition coefficient (Wildman–Crippen LogP) is 0.854. The van der Waals surface area contributed by atoms with Gasteiger partial charge in [0.05, 0.1) is 0 Å². The van der Waals surface area contributed by atoms with Crippen molar-refractivity contribution in [3.8, 4) is 0 Å². The van der Waals surface area contributed by atoms with Crippen molar-refractivity contribution in [1.29, 1.82) is 0 Å². The summed E-state index contributed by atoms with van der Waals surface area (Å²) >= 11 is 0. The van der Waals surface area contributed by atoms with E-state index in [-0.39, 0.29) is 5.91 Å². The molecule has 1 aromatic heterocycles. The van der Waals surface area contributed by atoms with Gasteiger partial charge in [0.1, 0.15) is 12.2 Å². The van der Waals surface area contributed by atoms with Crippen LogP contribution in [0.3, 0.4) is 0 Å². The zero-order valence-electron chi connectivity index (χ0n) is 12.0. The highest BCUT2D eigenvalue weighted by Gasteiger charge is 2.07. The Hall–Kier alpha value is -2.37. The van der Waals surface area contributed by atoms with Crippen molar-refractivity contribution in [3.05, 3.63) is 42.0 Å². The van der Waals surface area contributed by atoms with Gasteiger partial charge < -0.3 is 10.2 Å². The Bertz CT molecular complexity index is 591. The van der Waals surface area contributed by atoms with Crippen LogP contribution in [0.5, 0.6) is 0 Å². The quantitative estimate of drug-likeness (QED) is 0.877. The van der Waals surface area contributed by atoms with Gasteiger partial charge in [0.2, 0.25) is 0 Å². The van der Waals surface area contributed by atoms with Gasteiger partial charge in [-0.25, -0.2) is 4.98 Å². The molecule has 2 rings (SSSR count). The summed E-state index contributed by atoms with van der Waals surface area (Å²) in [4.78, 5) is 18.1. The standard InChI is InChI=1S/C14H19N5O/c1-18(2)12-6-4-5-11(9-12)14(20)15-8-7-13-16-10-17-19(13)3/h4-6,9-10H,7-8H2,1-3H3,(H,15,20). The molecular weight excluding hydrogens is 254 g/mol. The third kappa shape index (κ3) is 3.34. The molecule has 0 fully saturated rings. The lowest BCUT2D eigenvalue weighted by Crippen LogP contribution is -2.26. The molecule has 2 aromatic rings. The van der Waals surface area contributed by atoms with Crippen LogP contribution in [-0.4, -0.2) is 41.3 Å². The van der Waals surface area contributed by atoms with Gasteiger partial charge in [-0.15, -0.1) is 0 Å². The number of anilines is 1. The van der Waals surface area contributed by atoms with E-state index in [1.54, 1.807) is 4.68 Å². The number of nitrogens with zero attached hydrogens (tertiary/aromatic N) is 4. The van der Waals surface area contributed by atoms with E-state index in [0.29, 0.717) is 18.5 Å². The van der Waals surface area contributed by atoms with Crippen molar-refractivity contribution in [1.82, 2.24) is 20.1 Å². The van der Waals surface area contributed by atoms with Gasteiger partial charge in [0.25, 0.3) is 5.91 Å². The third-order valence-electron chi connectivity index (χ3n) is 3.06. The second-order valence-corrected chi connectivity index (χ2v) is 4.75. The second-order valence-electron chi connectivity index (χ2n) is 4.75. The molecule has 1 N–H and O–H groups in total. The van der Waals surface area contributed by atoms with E-state index in [9.17, 15) is 4.79 Å². The Morgan fingerprint density at radius 3 is 2.85 bits per heavy atom. The van der Waals surface area contributed by atoms with Gasteiger partial charge in [-0.05, 0) is 18.2 Å². The molecule has 1 amide bonds. The summed E-state index contributed by atoms with van der Waals surface area (Å²) in [5.74, 6) is 0.781. The van der Waals surface area contributed by atoms with E-state index in [1.165, 1.54) is 6.33 Å². The topological polar surface area (TPSA) is 63.1 Å². The second kappa shape index (κ2) is 6.18. The number of amides is 1. The maximum absolute atomic E-state index is 12.1. The molecule has 6 nitrogen and oxygen atoms in total. The Balaban J connectivity index is 1.92. The largest absolute Gasteiger partial charge is 0.378 e. The smallest absolute Gasteiger partial charge is 0.251 e. The van der Waals surface area contributed by atoms with E-state index in [4.69, 9.17) is 0 Å². The summed E-state index contributed by atoms with van der Waals surface area (Å²) in [5.41, 5.74) is 1.67. The average Bonchev–Trinajstić information content (AvgIpc) is 2.84. The first-order valence-corrected chi connectivity index (χ1v) is 6.46. The lowest BCUT2D eigenvalue weighted by molar-refractivity contribution is 0.0954. The van der Waals surface area contributed by atoms with Crippen molar-refractivity contribution >= 4 is 11.6 Å². The van der Waals surface area contributed by atoms with Crippen LogP contribution in [0.4, 0.5) is 5.69 Å². The predicted molar refractivity (Wildman–Crippen MR) is 77.8 cm³/mol. The molecule has 0 aliphatic heterocycles. The van der Waals surface area contributed by atoms with Crippen LogP contribution in [0.15, 0.2) is 30.6 Å². The number of hydrogen-bond donors (Lipinski definition) is 1. The number of nitrogens with one attached hydrogen (secondary N) is 1. The molecule has 0 saturated heterocycles. The number of benzene rings is 1. The van der Waals surface area contributed by atoms with E-state index in [0.717, 1.165) is 11.5 Å². The Labute approximate surface area is 118 Å². The molecule has 0 bridgehead atoms. The molecule has 0 aliphatic carbocycles. The molecular formula is C14H19N5O. The molecule has 0 spiro atoms. The highest BCUT2D eigenvalue weighted by atomic mass is 16.1. The van der Waals surface area contributed by atoms with Gasteiger partial charge in [-0.2, -0.15) is 5.10 Å². The molecule has 0 saturated carbocycles. The average molecular weight is 273 g/mol. The van der Waals surface area contributed by atoms with Crippen molar-refractivity contribution in [2.75, 3.05) is 25.5 Å². The first-order chi connectivity index (χ1) is 9.58. The summed E-state index contributed by atoms with van der Waals surface area (Å²) in [7, 11) is 5.74. The first-order valence-electron chi connectivity index (χ1n) is 6.46. The van der Waals surface area contributed by atoms with Crippen molar-refractivity contribution in [2.45, 2.75) is 6.42 Å². The van der Waals surface area contributed by atoms with Crippen LogP contribution in [-0.2, 0) is 13.5 Å². The summed E-state index contributed by atoms with van der Waals surface area (Å²) in [6.07, 6.45) is 2.17. The van der Waals surface area contributed by atoms with E-state index < -0.39 is 0 Å². The first kappa shape index (κ1) is 14.0. The van der Waals surface area contributed by atoms with Gasteiger partial charge in [0.15, 0.2) is 0 Å². The Morgan fingerprint density at radius 2 is 2.20 bits per heavy atom. The van der Waals surface area contributed by atoms with Crippen molar-refractivity contribution in [3.63, 3.8) is 0 Å². The number of aromatic nitrogens is 3. The molecule has 6 heteroatoms. The van der Waals surface area contributed by atoms with Crippen LogP contribution in [0.25, 0.3) is 0 Å². The maximum Gasteiger partial charge on any atom is 0.251 e. The fourth-order valence-electron chi connectivity index (χ4n) is 1.86. The van der Waals surface area contributed by atoms with Crippen molar-refractivity contribution in [2.24, 2.45) is 7.05 Å². The molecule has 0 radical (unpaired) electrons. The minimum Gasteiger partial charge on any atom is -0.378 e. The van der Waals surface area contributed by atoms with Crippen molar-refractivity contribution < 1.29 is 4.79 Å². The van der Waals surface area contributed by atoms with Gasteiger partial charge in [-0.3, -0.25) is 9.48 Å². The van der Waals surface area contributed by atoms with Crippen LogP contribution in [0.2, 0.25) is 0 Å². The minimum absolute atomic E-state index is 0.0733. The normalized spacial score (nSPS) is 10.3. The maximum atomic E-state index is 12.1. The fraction of sp³-hybridized carbons (Fsp3) is 0.357. The van der Waals surface area contributed by atoms with Gasteiger partial charge in [-0.1, -0.05) is 6.07 Å². The summed E-state index contributed by atoms with van der Waals surface area (Å²) in [6.45, 7) is 0.539. The van der Waals surface area contributed by atoms with E-state index in [2.05, 4.69) is 15.4 Å². The summed E-state index contributed by atoms with van der Waals surface area (Å²) < 4.78 is 1.71.